The van der Waals surface area contributed by atoms with E-state index >= 15 is 0 Å². The minimum absolute atomic E-state index is 0.237. The summed E-state index contributed by atoms with van der Waals surface area (Å²) in [5.74, 6) is 2.15. The third-order valence-electron chi connectivity index (χ3n) is 3.11. The number of fused-ring (bicyclic) bond motifs is 1. The second-order valence-electron chi connectivity index (χ2n) is 4.70. The van der Waals surface area contributed by atoms with Gasteiger partial charge in [-0.15, -0.1) is 11.8 Å². The minimum atomic E-state index is -0.237. The van der Waals surface area contributed by atoms with Crippen molar-refractivity contribution in [3.63, 3.8) is 0 Å². The van der Waals surface area contributed by atoms with Crippen LogP contribution >= 0.6 is 27.7 Å². The molecular formula is C16H14BrFO2S. The second kappa shape index (κ2) is 6.71. The SMILES string of the molecule is Fc1ccc(CSc2ccc3c(c2)OCCCO3)cc1Br. The fourth-order valence-electron chi connectivity index (χ4n) is 2.03. The van der Waals surface area contributed by atoms with Gasteiger partial charge < -0.3 is 9.47 Å². The molecule has 5 heteroatoms. The molecule has 0 saturated heterocycles. The first-order chi connectivity index (χ1) is 10.2. The molecule has 0 aromatic heterocycles. The molecule has 21 heavy (non-hydrogen) atoms. The van der Waals surface area contributed by atoms with Crippen molar-refractivity contribution >= 4 is 27.7 Å². The number of thioether (sulfide) groups is 1. The first-order valence-electron chi connectivity index (χ1n) is 6.69. The zero-order chi connectivity index (χ0) is 14.7. The Morgan fingerprint density at radius 3 is 2.67 bits per heavy atom. The average Bonchev–Trinajstić information content (AvgIpc) is 2.73. The predicted molar refractivity (Wildman–Crippen MR) is 85.7 cm³/mol. The van der Waals surface area contributed by atoms with Crippen LogP contribution in [0.1, 0.15) is 12.0 Å². The normalized spacial score (nSPS) is 13.8. The van der Waals surface area contributed by atoms with Crippen LogP contribution in [-0.2, 0) is 5.75 Å². The van der Waals surface area contributed by atoms with Crippen LogP contribution < -0.4 is 9.47 Å². The van der Waals surface area contributed by atoms with Crippen LogP contribution in [0.25, 0.3) is 0 Å². The maximum absolute atomic E-state index is 13.2. The highest BCUT2D eigenvalue weighted by Crippen LogP contribution is 2.35. The van der Waals surface area contributed by atoms with Crippen molar-refractivity contribution in [2.24, 2.45) is 0 Å². The Labute approximate surface area is 135 Å². The van der Waals surface area contributed by atoms with Gasteiger partial charge in [0.1, 0.15) is 5.82 Å². The summed E-state index contributed by atoms with van der Waals surface area (Å²) in [6, 6.07) is 11.1. The summed E-state index contributed by atoms with van der Waals surface area (Å²) >= 11 is 4.90. The molecule has 0 fully saturated rings. The van der Waals surface area contributed by atoms with Crippen molar-refractivity contribution in [3.8, 4) is 11.5 Å². The van der Waals surface area contributed by atoms with Crippen molar-refractivity contribution in [2.75, 3.05) is 13.2 Å². The molecule has 0 unspecified atom stereocenters. The first-order valence-corrected chi connectivity index (χ1v) is 8.46. The lowest BCUT2D eigenvalue weighted by Crippen LogP contribution is -1.97. The van der Waals surface area contributed by atoms with Crippen LogP contribution in [0.3, 0.4) is 0 Å². The molecular weight excluding hydrogens is 355 g/mol. The van der Waals surface area contributed by atoms with Crippen molar-refractivity contribution in [1.82, 2.24) is 0 Å². The van der Waals surface area contributed by atoms with E-state index in [1.165, 1.54) is 6.07 Å². The van der Waals surface area contributed by atoms with Crippen molar-refractivity contribution in [3.05, 3.63) is 52.3 Å². The van der Waals surface area contributed by atoms with Crippen molar-refractivity contribution < 1.29 is 13.9 Å². The van der Waals surface area contributed by atoms with E-state index < -0.39 is 0 Å². The number of halogens is 2. The number of benzene rings is 2. The first kappa shape index (κ1) is 14.7. The van der Waals surface area contributed by atoms with E-state index in [2.05, 4.69) is 15.9 Å². The van der Waals surface area contributed by atoms with Gasteiger partial charge in [0, 0.05) is 17.1 Å². The summed E-state index contributed by atoms with van der Waals surface area (Å²) in [4.78, 5) is 1.11. The topological polar surface area (TPSA) is 18.5 Å². The van der Waals surface area contributed by atoms with Gasteiger partial charge in [-0.3, -0.25) is 0 Å². The van der Waals surface area contributed by atoms with Crippen LogP contribution in [0.15, 0.2) is 45.8 Å². The maximum atomic E-state index is 13.2. The lowest BCUT2D eigenvalue weighted by Gasteiger charge is -2.09. The Morgan fingerprint density at radius 2 is 1.86 bits per heavy atom. The highest BCUT2D eigenvalue weighted by Gasteiger charge is 2.11. The van der Waals surface area contributed by atoms with Gasteiger partial charge in [-0.05, 0) is 51.8 Å². The van der Waals surface area contributed by atoms with E-state index in [1.54, 1.807) is 17.8 Å². The third-order valence-corrected chi connectivity index (χ3v) is 4.78. The lowest BCUT2D eigenvalue weighted by molar-refractivity contribution is 0.297. The molecule has 0 atom stereocenters. The van der Waals surface area contributed by atoms with Gasteiger partial charge >= 0.3 is 0 Å². The van der Waals surface area contributed by atoms with Gasteiger partial charge in [0.05, 0.1) is 17.7 Å². The molecule has 3 rings (SSSR count). The minimum Gasteiger partial charge on any atom is -0.490 e. The van der Waals surface area contributed by atoms with E-state index in [-0.39, 0.29) is 5.82 Å². The number of hydrogen-bond donors (Lipinski definition) is 0. The highest BCUT2D eigenvalue weighted by molar-refractivity contribution is 9.10. The summed E-state index contributed by atoms with van der Waals surface area (Å²) in [5, 5.41) is 0. The van der Waals surface area contributed by atoms with Gasteiger partial charge in [0.25, 0.3) is 0 Å². The third kappa shape index (κ3) is 3.71. The number of ether oxygens (including phenoxy) is 2. The Hall–Kier alpha value is -1.20. The molecule has 110 valence electrons. The van der Waals surface area contributed by atoms with Crippen LogP contribution in [0.4, 0.5) is 4.39 Å². The fraction of sp³-hybridized carbons (Fsp3) is 0.250. The van der Waals surface area contributed by atoms with Gasteiger partial charge in [-0.1, -0.05) is 6.07 Å². The molecule has 0 radical (unpaired) electrons. The molecule has 1 aliphatic heterocycles. The quantitative estimate of drug-likeness (QED) is 0.706. The number of hydrogen-bond acceptors (Lipinski definition) is 3. The van der Waals surface area contributed by atoms with Gasteiger partial charge in [-0.2, -0.15) is 0 Å². The van der Waals surface area contributed by atoms with Gasteiger partial charge in [0.15, 0.2) is 11.5 Å². The maximum Gasteiger partial charge on any atom is 0.162 e. The fourth-order valence-corrected chi connectivity index (χ4v) is 3.32. The zero-order valence-electron chi connectivity index (χ0n) is 11.3. The van der Waals surface area contributed by atoms with Crippen molar-refractivity contribution in [1.29, 1.82) is 0 Å². The van der Waals surface area contributed by atoms with Crippen LogP contribution in [-0.4, -0.2) is 13.2 Å². The Bertz CT molecular complexity index is 648. The molecule has 0 N–H and O–H groups in total. The lowest BCUT2D eigenvalue weighted by atomic mass is 10.2. The standard InChI is InChI=1S/C16H14BrFO2S/c17-13-8-11(2-4-14(13)18)10-21-12-3-5-15-16(9-12)20-7-1-6-19-15/h2-5,8-9H,1,6-7,10H2. The molecule has 2 nitrogen and oxygen atoms in total. The summed E-state index contributed by atoms with van der Waals surface area (Å²) in [7, 11) is 0. The van der Waals surface area contributed by atoms with Crippen molar-refractivity contribution in [2.45, 2.75) is 17.1 Å². The molecule has 2 aromatic carbocycles. The Balaban J connectivity index is 1.70. The molecule has 1 aliphatic rings. The molecule has 0 bridgehead atoms. The summed E-state index contributed by atoms with van der Waals surface area (Å²) in [6.07, 6.45) is 0.904. The molecule has 1 heterocycles. The largest absolute Gasteiger partial charge is 0.490 e. The molecule has 0 amide bonds. The van der Waals surface area contributed by atoms with Gasteiger partial charge in [-0.25, -0.2) is 4.39 Å². The Kier molecular flexibility index (Phi) is 4.70. The van der Waals surface area contributed by atoms with Crippen LogP contribution in [0.2, 0.25) is 0 Å². The predicted octanol–water partition coefficient (Wildman–Crippen LogP) is 5.04. The summed E-state index contributed by atoms with van der Waals surface area (Å²) in [5.41, 5.74) is 1.07. The van der Waals surface area contributed by atoms with E-state index in [0.29, 0.717) is 17.7 Å². The molecule has 2 aromatic rings. The van der Waals surface area contributed by atoms with E-state index in [1.807, 2.05) is 24.3 Å². The summed E-state index contributed by atoms with van der Waals surface area (Å²) < 4.78 is 25.0. The van der Waals surface area contributed by atoms with Crippen LogP contribution in [0, 0.1) is 5.82 Å². The molecule has 0 aliphatic carbocycles. The Morgan fingerprint density at radius 1 is 1.05 bits per heavy atom. The molecule has 0 spiro atoms. The number of rotatable bonds is 3. The van der Waals surface area contributed by atoms with E-state index in [4.69, 9.17) is 9.47 Å². The van der Waals surface area contributed by atoms with Gasteiger partial charge in [0.2, 0.25) is 0 Å². The summed E-state index contributed by atoms with van der Waals surface area (Å²) in [6.45, 7) is 1.38. The van der Waals surface area contributed by atoms with E-state index in [9.17, 15) is 4.39 Å². The second-order valence-corrected chi connectivity index (χ2v) is 6.60. The van der Waals surface area contributed by atoms with Crippen LogP contribution in [0.5, 0.6) is 11.5 Å². The highest BCUT2D eigenvalue weighted by atomic mass is 79.9. The monoisotopic (exact) mass is 368 g/mol. The zero-order valence-corrected chi connectivity index (χ0v) is 13.7. The smallest absolute Gasteiger partial charge is 0.162 e. The molecule has 0 saturated carbocycles. The van der Waals surface area contributed by atoms with E-state index in [0.717, 1.165) is 34.1 Å². The average molecular weight is 369 g/mol.